The summed E-state index contributed by atoms with van der Waals surface area (Å²) >= 11 is -1.42. The first-order chi connectivity index (χ1) is 16.7. The number of rotatable bonds is 0. The molecule has 0 saturated heterocycles. The minimum atomic E-state index is -0.712. The molecule has 4 aromatic rings. The molecule has 0 saturated carbocycles. The summed E-state index contributed by atoms with van der Waals surface area (Å²) in [6.45, 7) is 4.37. The van der Waals surface area contributed by atoms with Crippen LogP contribution in [0.25, 0.3) is 0 Å². The van der Waals surface area contributed by atoms with Crippen LogP contribution in [0.2, 0.25) is 0 Å². The molecule has 34 heavy (non-hydrogen) atoms. The van der Waals surface area contributed by atoms with Crippen molar-refractivity contribution in [3.63, 3.8) is 0 Å². The topological polar surface area (TPSA) is 6.48 Å². The number of benzene rings is 4. The van der Waals surface area contributed by atoms with Gasteiger partial charge in [0.2, 0.25) is 0 Å². The van der Waals surface area contributed by atoms with Crippen molar-refractivity contribution < 1.29 is 0 Å². The van der Waals surface area contributed by atoms with Gasteiger partial charge in [0.25, 0.3) is 0 Å². The molecule has 0 spiro atoms. The summed E-state index contributed by atoms with van der Waals surface area (Å²) in [4.78, 5) is 4.83. The summed E-state index contributed by atoms with van der Waals surface area (Å²) in [5.74, 6) is 0. The Hall–Kier alpha value is -1.43. The van der Waals surface area contributed by atoms with Gasteiger partial charge in [-0.3, -0.25) is 0 Å². The van der Waals surface area contributed by atoms with E-state index >= 15 is 0 Å². The average Bonchev–Trinajstić information content (AvgIpc) is 2.82. The molecule has 2 aliphatic rings. The van der Waals surface area contributed by atoms with Crippen LogP contribution in [-0.2, 0) is 26.2 Å². The van der Waals surface area contributed by atoms with Crippen LogP contribution in [-0.4, -0.2) is 70.4 Å². The van der Waals surface area contributed by atoms with E-state index in [4.69, 9.17) is 0 Å². The Labute approximate surface area is 227 Å². The maximum atomic E-state index is 2.41. The van der Waals surface area contributed by atoms with Gasteiger partial charge >= 0.3 is 229 Å². The molecule has 170 valence electrons. The number of fused-ring (bicyclic) bond motifs is 4. The van der Waals surface area contributed by atoms with E-state index in [1.54, 1.807) is 35.3 Å². The van der Waals surface area contributed by atoms with E-state index in [1.807, 2.05) is 0 Å². The fourth-order valence-corrected chi connectivity index (χ4v) is 13.6. The van der Waals surface area contributed by atoms with Crippen LogP contribution in [0.15, 0.2) is 97.1 Å². The molecule has 2 nitrogen and oxygen atoms in total. The first-order valence-corrected chi connectivity index (χ1v) is 18.7. The van der Waals surface area contributed by atoms with Crippen LogP contribution in [0, 0.1) is 0 Å². The molecule has 6 rings (SSSR count). The molecule has 0 amide bonds. The van der Waals surface area contributed by atoms with Crippen molar-refractivity contribution in [1.29, 1.82) is 0 Å². The van der Waals surface area contributed by atoms with Crippen LogP contribution in [0.5, 0.6) is 0 Å². The Balaban J connectivity index is 0.000000142. The Kier molecular flexibility index (Phi) is 8.23. The summed E-state index contributed by atoms with van der Waals surface area (Å²) in [6, 6.07) is 35.9. The Morgan fingerprint density at radius 2 is 0.647 bits per heavy atom. The zero-order valence-electron chi connectivity index (χ0n) is 19.9. The molecule has 0 N–H and O–H groups in total. The fourth-order valence-electron chi connectivity index (χ4n) is 4.55. The third-order valence-corrected chi connectivity index (χ3v) is 16.7. The quantitative estimate of drug-likeness (QED) is 0.252. The molecule has 0 aliphatic carbocycles. The van der Waals surface area contributed by atoms with Crippen LogP contribution < -0.4 is 13.1 Å². The predicted octanol–water partition coefficient (Wildman–Crippen LogP) is 2.57. The predicted molar refractivity (Wildman–Crippen MR) is 146 cm³/mol. The molecular formula is C30H30Bi2N2. The SMILES string of the molecule is CN1Cc2cccc[c]2[Bi][c]2ccccc2C1.CN1Cc2cccc[c]2[Bi][c]2ccccc2C1. The number of hydrogen-bond acceptors (Lipinski definition) is 2. The second-order valence-corrected chi connectivity index (χ2v) is 18.3. The molecule has 0 fully saturated rings. The van der Waals surface area contributed by atoms with Gasteiger partial charge in [0, 0.05) is 0 Å². The second-order valence-electron chi connectivity index (χ2n) is 9.08. The van der Waals surface area contributed by atoms with Crippen molar-refractivity contribution >= 4 is 59.6 Å². The summed E-state index contributed by atoms with van der Waals surface area (Å²) in [5.41, 5.74) is 6.17. The zero-order valence-corrected chi connectivity index (χ0v) is 26.8. The van der Waals surface area contributed by atoms with E-state index in [0.29, 0.717) is 0 Å². The van der Waals surface area contributed by atoms with Crippen molar-refractivity contribution in [3.8, 4) is 0 Å². The summed E-state index contributed by atoms with van der Waals surface area (Å²) in [5, 5.41) is 0. The van der Waals surface area contributed by atoms with Crippen molar-refractivity contribution in [2.75, 3.05) is 14.1 Å². The molecule has 4 heteroatoms. The van der Waals surface area contributed by atoms with Crippen LogP contribution in [0.3, 0.4) is 0 Å². The number of nitrogens with zero attached hydrogens (tertiary/aromatic N) is 2. The Morgan fingerprint density at radius 1 is 0.412 bits per heavy atom. The van der Waals surface area contributed by atoms with E-state index in [-0.39, 0.29) is 0 Å². The van der Waals surface area contributed by atoms with Gasteiger partial charge in [0.15, 0.2) is 0 Å². The van der Waals surface area contributed by atoms with Gasteiger partial charge in [-0.25, -0.2) is 0 Å². The zero-order chi connectivity index (χ0) is 23.3. The molecule has 0 bridgehead atoms. The first kappa shape index (κ1) is 24.3. The summed E-state index contributed by atoms with van der Waals surface area (Å²) in [7, 11) is 4.43. The van der Waals surface area contributed by atoms with Crippen molar-refractivity contribution in [2.24, 2.45) is 0 Å². The van der Waals surface area contributed by atoms with Gasteiger partial charge < -0.3 is 0 Å². The van der Waals surface area contributed by atoms with Gasteiger partial charge in [-0.2, -0.15) is 0 Å². The molecule has 2 heterocycles. The third-order valence-electron chi connectivity index (χ3n) is 6.21. The maximum absolute atomic E-state index is 2.41. The van der Waals surface area contributed by atoms with Gasteiger partial charge in [0.1, 0.15) is 0 Å². The first-order valence-electron chi connectivity index (χ1n) is 11.8. The summed E-state index contributed by atoms with van der Waals surface area (Å²) in [6.07, 6.45) is 0. The standard InChI is InChI=1S/2C15H15N.2Bi/c2*1-16(12-14-8-4-2-5-9-14)13-15-10-6-3-7-11-15;;/h2*2-8,10H,12-13H2,1H3;;. The van der Waals surface area contributed by atoms with Crippen LogP contribution >= 0.6 is 0 Å². The van der Waals surface area contributed by atoms with E-state index in [9.17, 15) is 0 Å². The second kappa shape index (κ2) is 11.5. The number of hydrogen-bond donors (Lipinski definition) is 0. The minimum absolute atomic E-state index is 0.712. The van der Waals surface area contributed by atoms with Crippen molar-refractivity contribution in [2.45, 2.75) is 26.2 Å². The normalized spacial score (nSPS) is 15.6. The molecule has 2 radical (unpaired) electrons. The van der Waals surface area contributed by atoms with Gasteiger partial charge in [0.05, 0.1) is 0 Å². The van der Waals surface area contributed by atoms with Gasteiger partial charge in [-0.15, -0.1) is 0 Å². The van der Waals surface area contributed by atoms with Crippen molar-refractivity contribution in [1.82, 2.24) is 9.80 Å². The van der Waals surface area contributed by atoms with E-state index in [0.717, 1.165) is 26.2 Å². The van der Waals surface area contributed by atoms with Crippen LogP contribution in [0.1, 0.15) is 22.3 Å². The van der Waals surface area contributed by atoms with Crippen LogP contribution in [0.4, 0.5) is 0 Å². The molecule has 2 aliphatic heterocycles. The monoisotopic (exact) mass is 836 g/mol. The molecule has 0 aromatic heterocycles. The van der Waals surface area contributed by atoms with E-state index in [1.165, 1.54) is 0 Å². The molecule has 0 atom stereocenters. The molecule has 0 unspecified atom stereocenters. The fraction of sp³-hybridized carbons (Fsp3) is 0.200. The van der Waals surface area contributed by atoms with Crippen molar-refractivity contribution in [3.05, 3.63) is 119 Å². The van der Waals surface area contributed by atoms with Gasteiger partial charge in [-0.1, -0.05) is 0 Å². The van der Waals surface area contributed by atoms with Gasteiger partial charge in [-0.05, 0) is 0 Å². The van der Waals surface area contributed by atoms with E-state index < -0.39 is 46.5 Å². The van der Waals surface area contributed by atoms with E-state index in [2.05, 4.69) is 121 Å². The average molecular weight is 837 g/mol. The summed E-state index contributed by atoms with van der Waals surface area (Å²) < 4.78 is 6.58. The Bertz CT molecular complexity index is 1080. The Morgan fingerprint density at radius 3 is 0.912 bits per heavy atom. The molecule has 4 aromatic carbocycles. The molecular weight excluding hydrogens is 806 g/mol. The third kappa shape index (κ3) is 6.03.